The molecule has 0 radical (unpaired) electrons. The molecule has 0 aliphatic carbocycles. The van der Waals surface area contributed by atoms with Gasteiger partial charge < -0.3 is 12.1 Å². The average molecular weight is 294 g/mol. The smallest absolute Gasteiger partial charge is 0 e. The Balaban J connectivity index is -0.000000180. The molecule has 0 spiro atoms. The van der Waals surface area contributed by atoms with Gasteiger partial charge in [0.25, 0.3) is 0 Å². The van der Waals surface area contributed by atoms with Gasteiger partial charge in [0.05, 0.1) is 0 Å². The number of hydrogen-bond acceptors (Lipinski definition) is 0. The second-order valence-corrected chi connectivity index (χ2v) is 1.81. The number of hydrogen-bond donors (Lipinski definition) is 0. The summed E-state index contributed by atoms with van der Waals surface area (Å²) in [6.45, 7) is 6.67. The number of rotatable bonds is 3. The molecule has 0 aromatic heterocycles. The van der Waals surface area contributed by atoms with Crippen LogP contribution in [0.15, 0.2) is 0 Å². The molecule has 0 heterocycles. The third-order valence-electron chi connectivity index (χ3n) is 1.50. The van der Waals surface area contributed by atoms with Crippen LogP contribution in [0.5, 0.6) is 0 Å². The summed E-state index contributed by atoms with van der Waals surface area (Å²) < 4.78 is 0. The third kappa shape index (κ3) is 8.83. The van der Waals surface area contributed by atoms with Gasteiger partial charge in [0.15, 0.2) is 0 Å². The molecule has 0 aromatic carbocycles. The summed E-state index contributed by atoms with van der Waals surface area (Å²) in [4.78, 5) is 0. The van der Waals surface area contributed by atoms with Crippen molar-refractivity contribution in [3.63, 3.8) is 0 Å². The van der Waals surface area contributed by atoms with E-state index in [0.717, 1.165) is 0 Å². The SMILES string of the molecule is CC[C-](CC)CC.[Hf].[NH2-]. The Labute approximate surface area is 78.0 Å². The molecule has 0 amide bonds. The number of nitrogens with two attached hydrogens (primary N) is 1. The molecule has 2 heteroatoms. The molecule has 9 heavy (non-hydrogen) atoms. The van der Waals surface area contributed by atoms with Gasteiger partial charge in [0.2, 0.25) is 0 Å². The second kappa shape index (κ2) is 11.6. The first-order valence-corrected chi connectivity index (χ1v) is 3.18. The van der Waals surface area contributed by atoms with Crippen molar-refractivity contribution in [1.29, 1.82) is 0 Å². The first-order valence-electron chi connectivity index (χ1n) is 3.18. The van der Waals surface area contributed by atoms with Gasteiger partial charge >= 0.3 is 0 Å². The van der Waals surface area contributed by atoms with Gasteiger partial charge in [-0.1, -0.05) is 20.8 Å². The van der Waals surface area contributed by atoms with Gasteiger partial charge in [-0.3, -0.25) is 0 Å². The summed E-state index contributed by atoms with van der Waals surface area (Å²) in [6, 6.07) is 0. The molecular weight excluding hydrogens is 277 g/mol. The van der Waals surface area contributed by atoms with E-state index < -0.39 is 0 Å². The van der Waals surface area contributed by atoms with Crippen LogP contribution in [0.2, 0.25) is 0 Å². The average Bonchev–Trinajstić information content (AvgIpc) is 1.72. The standard InChI is InChI=1S/C7H15.Hf.H2N/c1-4-7(5-2)6-3;;/h4-6H2,1-3H3;;1H2/q-1;;-1. The molecule has 56 valence electrons. The van der Waals surface area contributed by atoms with E-state index in [1.165, 1.54) is 19.3 Å². The molecule has 2 N–H and O–H groups in total. The zero-order valence-corrected chi connectivity index (χ0v) is 10.3. The molecule has 1 nitrogen and oxygen atoms in total. The Hall–Kier alpha value is 0.830. The normalized spacial score (nSPS) is 8.00. The van der Waals surface area contributed by atoms with Crippen molar-refractivity contribution in [2.45, 2.75) is 40.0 Å². The van der Waals surface area contributed by atoms with Crippen LogP contribution in [0, 0.1) is 5.92 Å². The fraction of sp³-hybridized carbons (Fsp3) is 0.857. The van der Waals surface area contributed by atoms with E-state index in [1.54, 1.807) is 5.92 Å². The van der Waals surface area contributed by atoms with Crippen LogP contribution < -0.4 is 0 Å². The molecule has 0 aliphatic heterocycles. The molecular formula is C7H17HfN-2. The Morgan fingerprint density at radius 3 is 1.11 bits per heavy atom. The van der Waals surface area contributed by atoms with Crippen molar-refractivity contribution in [2.24, 2.45) is 0 Å². The van der Waals surface area contributed by atoms with Crippen molar-refractivity contribution in [3.8, 4) is 0 Å². The molecule has 0 unspecified atom stereocenters. The zero-order chi connectivity index (χ0) is 5.70. The predicted octanol–water partition coefficient (Wildman–Crippen LogP) is 3.51. The maximum atomic E-state index is 2.22. The molecule has 0 atom stereocenters. The molecule has 0 saturated heterocycles. The first-order chi connectivity index (χ1) is 3.35. The third-order valence-corrected chi connectivity index (χ3v) is 1.50. The Morgan fingerprint density at radius 2 is 1.11 bits per heavy atom. The molecule has 0 aromatic rings. The minimum absolute atomic E-state index is 0. The predicted molar refractivity (Wildman–Crippen MR) is 39.4 cm³/mol. The Kier molecular flexibility index (Phi) is 21.2. The summed E-state index contributed by atoms with van der Waals surface area (Å²) >= 11 is 0. The summed E-state index contributed by atoms with van der Waals surface area (Å²) in [5, 5.41) is 0. The molecule has 0 bridgehead atoms. The van der Waals surface area contributed by atoms with E-state index >= 15 is 0 Å². The largest absolute Gasteiger partial charge is 0.693 e. The van der Waals surface area contributed by atoms with Crippen molar-refractivity contribution >= 4 is 0 Å². The van der Waals surface area contributed by atoms with Crippen LogP contribution in [0.3, 0.4) is 0 Å². The summed E-state index contributed by atoms with van der Waals surface area (Å²) in [5.74, 6) is 1.68. The van der Waals surface area contributed by atoms with Crippen molar-refractivity contribution in [1.82, 2.24) is 0 Å². The topological polar surface area (TPSA) is 33.5 Å². The second-order valence-electron chi connectivity index (χ2n) is 1.81. The molecule has 0 rings (SSSR count). The van der Waals surface area contributed by atoms with Gasteiger partial charge in [0.1, 0.15) is 0 Å². The minimum atomic E-state index is 0. The van der Waals surface area contributed by atoms with E-state index in [1.807, 2.05) is 0 Å². The summed E-state index contributed by atoms with van der Waals surface area (Å²) in [7, 11) is 0. The fourth-order valence-electron chi connectivity index (χ4n) is 0.750. The van der Waals surface area contributed by atoms with Gasteiger partial charge in [0, 0.05) is 25.8 Å². The van der Waals surface area contributed by atoms with E-state index in [0.29, 0.717) is 0 Å². The van der Waals surface area contributed by atoms with Crippen molar-refractivity contribution in [3.05, 3.63) is 12.1 Å². The van der Waals surface area contributed by atoms with Crippen molar-refractivity contribution < 1.29 is 25.8 Å². The molecule has 0 saturated carbocycles. The summed E-state index contributed by atoms with van der Waals surface area (Å²) in [6.07, 6.45) is 3.81. The monoisotopic (exact) mass is 295 g/mol. The van der Waals surface area contributed by atoms with Crippen LogP contribution in [0.1, 0.15) is 40.0 Å². The maximum absolute atomic E-state index is 2.22. The van der Waals surface area contributed by atoms with Gasteiger partial charge in [-0.2, -0.15) is 19.3 Å². The van der Waals surface area contributed by atoms with Crippen LogP contribution in [0.4, 0.5) is 0 Å². The quantitative estimate of drug-likeness (QED) is 0.564. The van der Waals surface area contributed by atoms with E-state index in [-0.39, 0.29) is 32.0 Å². The molecule has 0 fully saturated rings. The zero-order valence-electron chi connectivity index (χ0n) is 6.70. The van der Waals surface area contributed by atoms with Gasteiger partial charge in [-0.15, -0.1) is 0 Å². The Morgan fingerprint density at radius 1 is 0.889 bits per heavy atom. The summed E-state index contributed by atoms with van der Waals surface area (Å²) in [5.41, 5.74) is 0. The van der Waals surface area contributed by atoms with Crippen LogP contribution in [-0.2, 0) is 25.8 Å². The van der Waals surface area contributed by atoms with E-state index in [4.69, 9.17) is 0 Å². The fourth-order valence-corrected chi connectivity index (χ4v) is 0.750. The van der Waals surface area contributed by atoms with E-state index in [9.17, 15) is 0 Å². The van der Waals surface area contributed by atoms with Gasteiger partial charge in [-0.05, 0) is 0 Å². The van der Waals surface area contributed by atoms with Crippen molar-refractivity contribution in [2.75, 3.05) is 0 Å². The first kappa shape index (κ1) is 16.4. The molecule has 0 aliphatic rings. The van der Waals surface area contributed by atoms with Gasteiger partial charge in [-0.25, -0.2) is 0 Å². The minimum Gasteiger partial charge on any atom is -0.693 e. The Bertz CT molecular complexity index is 30.4. The van der Waals surface area contributed by atoms with Crippen LogP contribution in [0.25, 0.3) is 6.15 Å². The van der Waals surface area contributed by atoms with Crippen LogP contribution >= 0.6 is 0 Å². The van der Waals surface area contributed by atoms with E-state index in [2.05, 4.69) is 20.8 Å². The van der Waals surface area contributed by atoms with Crippen LogP contribution in [-0.4, -0.2) is 0 Å². The maximum Gasteiger partial charge on any atom is 0 e.